The van der Waals surface area contributed by atoms with Gasteiger partial charge in [0.25, 0.3) is 11.6 Å². The van der Waals surface area contributed by atoms with Crippen LogP contribution in [0.4, 0.5) is 11.4 Å². The molecule has 4 bridgehead atoms. The maximum absolute atomic E-state index is 12.9. The number of alkyl halides is 1. The van der Waals surface area contributed by atoms with Gasteiger partial charge in [0.2, 0.25) is 0 Å². The minimum atomic E-state index is -0.514. The molecule has 1 N–H and O–H groups in total. The Labute approximate surface area is 179 Å². The molecule has 5 rings (SSSR count). The molecule has 4 aliphatic carbocycles. The van der Waals surface area contributed by atoms with E-state index >= 15 is 0 Å². The molecule has 4 aliphatic rings. The van der Waals surface area contributed by atoms with Gasteiger partial charge in [-0.25, -0.2) is 0 Å². The number of non-ortho nitro benzene ring substituents is 1. The third-order valence-corrected chi connectivity index (χ3v) is 7.78. The van der Waals surface area contributed by atoms with Gasteiger partial charge in [-0.15, -0.1) is 0 Å². The highest BCUT2D eigenvalue weighted by atomic mass is 79.9. The van der Waals surface area contributed by atoms with Crippen molar-refractivity contribution in [2.24, 2.45) is 17.3 Å². The van der Waals surface area contributed by atoms with Gasteiger partial charge in [-0.05, 0) is 72.4 Å². The van der Waals surface area contributed by atoms with Crippen LogP contribution < -0.4 is 5.32 Å². The summed E-state index contributed by atoms with van der Waals surface area (Å²) in [6.07, 6.45) is 5.91. The number of nitrogens with zero attached hydrogens (tertiary/aromatic N) is 1. The van der Waals surface area contributed by atoms with Crippen molar-refractivity contribution >= 4 is 55.1 Å². The minimum absolute atomic E-state index is 0.0436. The van der Waals surface area contributed by atoms with Crippen LogP contribution in [0.3, 0.4) is 0 Å². The molecule has 28 heavy (non-hydrogen) atoms. The van der Waals surface area contributed by atoms with Crippen molar-refractivity contribution < 1.29 is 19.2 Å². The molecule has 1 amide bonds. The number of ether oxygens (including phenoxy) is 1. The van der Waals surface area contributed by atoms with Gasteiger partial charge in [0, 0.05) is 20.9 Å². The Hall–Kier alpha value is -1.48. The first kappa shape index (κ1) is 19.8. The quantitative estimate of drug-likeness (QED) is 0.268. The van der Waals surface area contributed by atoms with Gasteiger partial charge >= 0.3 is 5.97 Å². The molecule has 4 fully saturated rings. The normalized spacial score (nSPS) is 32.8. The molecule has 1 aromatic carbocycles. The number of benzene rings is 1. The van der Waals surface area contributed by atoms with Crippen LogP contribution in [0.2, 0.25) is 0 Å². The summed E-state index contributed by atoms with van der Waals surface area (Å²) in [6, 6.07) is 4.05. The van der Waals surface area contributed by atoms with Gasteiger partial charge < -0.3 is 10.1 Å². The van der Waals surface area contributed by atoms with E-state index < -0.39 is 16.2 Å². The summed E-state index contributed by atoms with van der Waals surface area (Å²) in [5.74, 6) is 0.362. The van der Waals surface area contributed by atoms with E-state index in [1.807, 2.05) is 0 Å². The van der Waals surface area contributed by atoms with Crippen molar-refractivity contribution in [2.75, 3.05) is 11.9 Å². The van der Waals surface area contributed by atoms with Crippen LogP contribution in [-0.2, 0) is 14.3 Å². The lowest BCUT2D eigenvalue weighted by atomic mass is 9.49. The van der Waals surface area contributed by atoms with Crippen LogP contribution in [-0.4, -0.2) is 27.7 Å². The molecule has 0 aliphatic heterocycles. The number of rotatable bonds is 5. The Kier molecular flexibility index (Phi) is 5.02. The highest BCUT2D eigenvalue weighted by molar-refractivity contribution is 9.10. The minimum Gasteiger partial charge on any atom is -0.455 e. The summed E-state index contributed by atoms with van der Waals surface area (Å²) in [5.41, 5.74) is -0.162. The third kappa shape index (κ3) is 3.70. The molecule has 2 unspecified atom stereocenters. The van der Waals surface area contributed by atoms with E-state index in [9.17, 15) is 19.7 Å². The van der Waals surface area contributed by atoms with Gasteiger partial charge in [0.1, 0.15) is 0 Å². The van der Waals surface area contributed by atoms with Crippen LogP contribution in [0, 0.1) is 27.4 Å². The smallest absolute Gasteiger partial charge is 0.312 e. The molecule has 0 aromatic heterocycles. The molecule has 0 saturated heterocycles. The Morgan fingerprint density at radius 3 is 2.50 bits per heavy atom. The SMILES string of the molecule is O=C(COC(=O)C12CC3CC(CC(Br)(C3)C1)C2)Nc1ccc([N+](=O)[O-])cc1Br. The Balaban J connectivity index is 1.36. The molecular formula is C19H20Br2N2O5. The summed E-state index contributed by atoms with van der Waals surface area (Å²) in [7, 11) is 0. The average molecular weight is 516 g/mol. The lowest BCUT2D eigenvalue weighted by Gasteiger charge is -2.58. The summed E-state index contributed by atoms with van der Waals surface area (Å²) in [5, 5.41) is 13.4. The molecular weight excluding hydrogens is 496 g/mol. The number of hydrogen-bond donors (Lipinski definition) is 1. The van der Waals surface area contributed by atoms with Crippen LogP contribution in [0.25, 0.3) is 0 Å². The first-order chi connectivity index (χ1) is 13.2. The Morgan fingerprint density at radius 2 is 1.93 bits per heavy atom. The predicted octanol–water partition coefficient (Wildman–Crippen LogP) is 4.57. The van der Waals surface area contributed by atoms with Gasteiger partial charge in [-0.3, -0.25) is 19.7 Å². The number of nitro groups is 1. The fraction of sp³-hybridized carbons (Fsp3) is 0.579. The first-order valence-electron chi connectivity index (χ1n) is 9.28. The highest BCUT2D eigenvalue weighted by Crippen LogP contribution is 2.64. The standard InChI is InChI=1S/C19H20Br2N2O5/c20-14-4-13(23(26)27)1-2-15(14)22-16(24)9-28-17(25)18-5-11-3-12(6-18)8-19(21,7-11)10-18/h1-2,4,11-12H,3,5-10H2,(H,22,24). The fourth-order valence-electron chi connectivity index (χ4n) is 5.58. The molecule has 0 radical (unpaired) electrons. The summed E-state index contributed by atoms with van der Waals surface area (Å²) in [6.45, 7) is -0.366. The summed E-state index contributed by atoms with van der Waals surface area (Å²) >= 11 is 7.07. The van der Waals surface area contributed by atoms with Gasteiger partial charge in [0.15, 0.2) is 6.61 Å². The lowest BCUT2D eigenvalue weighted by Crippen LogP contribution is -2.56. The van der Waals surface area contributed by atoms with E-state index in [0.717, 1.165) is 32.1 Å². The topological polar surface area (TPSA) is 98.5 Å². The van der Waals surface area contributed by atoms with Gasteiger partial charge in [-0.2, -0.15) is 0 Å². The average Bonchev–Trinajstić information content (AvgIpc) is 2.59. The number of hydrogen-bond acceptors (Lipinski definition) is 5. The molecule has 150 valence electrons. The predicted molar refractivity (Wildman–Crippen MR) is 109 cm³/mol. The van der Waals surface area contributed by atoms with E-state index in [0.29, 0.717) is 22.0 Å². The molecule has 9 heteroatoms. The number of amides is 1. The number of halogens is 2. The largest absolute Gasteiger partial charge is 0.455 e. The van der Waals surface area contributed by atoms with Crippen molar-refractivity contribution in [3.05, 3.63) is 32.8 Å². The summed E-state index contributed by atoms with van der Waals surface area (Å²) < 4.78 is 5.85. The second kappa shape index (κ2) is 7.09. The monoisotopic (exact) mass is 514 g/mol. The third-order valence-electron chi connectivity index (χ3n) is 6.19. The van der Waals surface area contributed by atoms with Crippen molar-refractivity contribution in [3.63, 3.8) is 0 Å². The maximum atomic E-state index is 12.9. The van der Waals surface area contributed by atoms with Gasteiger partial charge in [0.05, 0.1) is 16.0 Å². The van der Waals surface area contributed by atoms with E-state index in [-0.39, 0.29) is 22.6 Å². The lowest BCUT2D eigenvalue weighted by molar-refractivity contribution is -0.384. The van der Waals surface area contributed by atoms with Crippen LogP contribution in [0.5, 0.6) is 0 Å². The number of nitrogens with one attached hydrogen (secondary N) is 1. The fourth-order valence-corrected chi connectivity index (χ4v) is 7.50. The second-order valence-corrected chi connectivity index (χ2v) is 11.0. The van der Waals surface area contributed by atoms with Crippen LogP contribution in [0.15, 0.2) is 22.7 Å². The molecule has 7 nitrogen and oxygen atoms in total. The highest BCUT2D eigenvalue weighted by Gasteiger charge is 2.60. The maximum Gasteiger partial charge on any atom is 0.312 e. The van der Waals surface area contributed by atoms with Crippen molar-refractivity contribution in [2.45, 2.75) is 42.8 Å². The molecule has 0 spiro atoms. The van der Waals surface area contributed by atoms with E-state index in [4.69, 9.17) is 4.74 Å². The van der Waals surface area contributed by atoms with Gasteiger partial charge in [-0.1, -0.05) is 15.9 Å². The van der Waals surface area contributed by atoms with Crippen molar-refractivity contribution in [3.8, 4) is 0 Å². The molecule has 4 saturated carbocycles. The molecule has 2 atom stereocenters. The molecule has 1 aromatic rings. The van der Waals surface area contributed by atoms with E-state index in [1.54, 1.807) is 0 Å². The summed E-state index contributed by atoms with van der Waals surface area (Å²) in [4.78, 5) is 35.4. The molecule has 0 heterocycles. The van der Waals surface area contributed by atoms with Crippen LogP contribution in [0.1, 0.15) is 38.5 Å². The Bertz CT molecular complexity index is 845. The zero-order chi connectivity index (χ0) is 20.1. The van der Waals surface area contributed by atoms with E-state index in [2.05, 4.69) is 37.2 Å². The number of carbonyl (C=O) groups is 2. The number of esters is 1. The van der Waals surface area contributed by atoms with Crippen molar-refractivity contribution in [1.82, 2.24) is 0 Å². The van der Waals surface area contributed by atoms with Crippen LogP contribution >= 0.6 is 31.9 Å². The zero-order valence-corrected chi connectivity index (χ0v) is 18.3. The zero-order valence-electron chi connectivity index (χ0n) is 15.1. The number of nitro benzene ring substituents is 1. The van der Waals surface area contributed by atoms with E-state index in [1.165, 1.54) is 24.6 Å². The van der Waals surface area contributed by atoms with Crippen molar-refractivity contribution in [1.29, 1.82) is 0 Å². The second-order valence-electron chi connectivity index (χ2n) is 8.44. The Morgan fingerprint density at radius 1 is 1.25 bits per heavy atom. The first-order valence-corrected chi connectivity index (χ1v) is 10.9. The number of anilines is 1. The number of carbonyl (C=O) groups excluding carboxylic acids is 2.